The van der Waals surface area contributed by atoms with Crippen LogP contribution < -0.4 is 17.0 Å². The summed E-state index contributed by atoms with van der Waals surface area (Å²) in [5.41, 5.74) is 5.51. The number of ether oxygens (including phenoxy) is 1. The van der Waals surface area contributed by atoms with E-state index in [0.29, 0.717) is 17.9 Å². The summed E-state index contributed by atoms with van der Waals surface area (Å²) >= 11 is 0. The fourth-order valence-electron chi connectivity index (χ4n) is 2.78. The topological polar surface area (TPSA) is 113 Å². The van der Waals surface area contributed by atoms with Gasteiger partial charge < -0.3 is 10.5 Å². The maximum absolute atomic E-state index is 12.5. The molecule has 0 spiro atoms. The lowest BCUT2D eigenvalue weighted by atomic mass is 10.0. The first-order valence-corrected chi connectivity index (χ1v) is 9.08. The molecule has 0 saturated carbocycles. The number of nitrogen functional groups attached to an aromatic ring is 1. The van der Waals surface area contributed by atoms with E-state index in [2.05, 4.69) is 0 Å². The van der Waals surface area contributed by atoms with Gasteiger partial charge in [-0.05, 0) is 30.0 Å². The maximum Gasteiger partial charge on any atom is 0.338 e. The summed E-state index contributed by atoms with van der Waals surface area (Å²) in [5.74, 6) is -1.32. The molecule has 0 atom stereocenters. The number of aromatic nitrogens is 2. The molecule has 0 aliphatic rings. The Balaban J connectivity index is 2.22. The van der Waals surface area contributed by atoms with Gasteiger partial charge in [-0.1, -0.05) is 32.9 Å². The SMILES string of the molecule is CCCn1c(N)c(C(=O)COC(=O)c2ccc(C(C)C)cc2)c(=O)n(C)c1=O. The molecule has 1 aromatic heterocycles. The summed E-state index contributed by atoms with van der Waals surface area (Å²) in [6, 6.07) is 6.88. The zero-order valence-electron chi connectivity index (χ0n) is 16.5. The molecule has 1 aromatic carbocycles. The van der Waals surface area contributed by atoms with Crippen molar-refractivity contribution in [2.45, 2.75) is 39.7 Å². The Bertz CT molecular complexity index is 1000. The molecule has 150 valence electrons. The van der Waals surface area contributed by atoms with E-state index in [-0.39, 0.29) is 17.9 Å². The second kappa shape index (κ2) is 8.69. The molecule has 1 heterocycles. The number of esters is 1. The fourth-order valence-corrected chi connectivity index (χ4v) is 2.78. The first kappa shape index (κ1) is 21.1. The predicted octanol–water partition coefficient (Wildman–Crippen LogP) is 1.70. The molecule has 0 saturated heterocycles. The second-order valence-electron chi connectivity index (χ2n) is 6.83. The number of Topliss-reactive ketones (excluding diaryl/α,β-unsaturated/α-hetero) is 1. The van der Waals surface area contributed by atoms with Crippen molar-refractivity contribution in [3.8, 4) is 0 Å². The molecular weight excluding hydrogens is 362 g/mol. The second-order valence-corrected chi connectivity index (χ2v) is 6.83. The third-order valence-electron chi connectivity index (χ3n) is 4.46. The number of rotatable bonds is 7. The minimum atomic E-state index is -0.808. The van der Waals surface area contributed by atoms with Crippen LogP contribution in [0.5, 0.6) is 0 Å². The lowest BCUT2D eigenvalue weighted by Crippen LogP contribution is -2.43. The number of carbonyl (C=O) groups is 2. The van der Waals surface area contributed by atoms with E-state index in [1.165, 1.54) is 11.6 Å². The minimum Gasteiger partial charge on any atom is -0.454 e. The summed E-state index contributed by atoms with van der Waals surface area (Å²) in [6.07, 6.45) is 0.595. The molecule has 8 nitrogen and oxygen atoms in total. The van der Waals surface area contributed by atoms with Gasteiger partial charge in [0.1, 0.15) is 11.4 Å². The first-order valence-electron chi connectivity index (χ1n) is 9.08. The average molecular weight is 387 g/mol. The van der Waals surface area contributed by atoms with Gasteiger partial charge in [0.05, 0.1) is 5.56 Å². The Morgan fingerprint density at radius 1 is 1.14 bits per heavy atom. The number of hydrogen-bond acceptors (Lipinski definition) is 6. The number of ketones is 1. The van der Waals surface area contributed by atoms with Gasteiger partial charge in [-0.3, -0.25) is 18.7 Å². The van der Waals surface area contributed by atoms with Gasteiger partial charge in [-0.25, -0.2) is 9.59 Å². The van der Waals surface area contributed by atoms with Crippen LogP contribution in [0.15, 0.2) is 33.9 Å². The van der Waals surface area contributed by atoms with E-state index in [9.17, 15) is 19.2 Å². The van der Waals surface area contributed by atoms with Gasteiger partial charge in [0.15, 0.2) is 6.61 Å². The quantitative estimate of drug-likeness (QED) is 0.571. The van der Waals surface area contributed by atoms with Crippen LogP contribution in [0.4, 0.5) is 5.82 Å². The lowest BCUT2D eigenvalue weighted by molar-refractivity contribution is 0.0474. The molecule has 0 aliphatic heterocycles. The Hall–Kier alpha value is -3.16. The minimum absolute atomic E-state index is 0.211. The number of nitrogens with two attached hydrogens (primary N) is 1. The summed E-state index contributed by atoms with van der Waals surface area (Å²) in [6.45, 7) is 5.53. The summed E-state index contributed by atoms with van der Waals surface area (Å²) in [7, 11) is 1.27. The normalized spacial score (nSPS) is 10.9. The fraction of sp³-hybridized carbons (Fsp3) is 0.400. The van der Waals surface area contributed by atoms with Gasteiger partial charge in [0, 0.05) is 13.6 Å². The molecule has 0 radical (unpaired) electrons. The van der Waals surface area contributed by atoms with E-state index >= 15 is 0 Å². The highest BCUT2D eigenvalue weighted by atomic mass is 16.5. The Kier molecular flexibility index (Phi) is 6.56. The van der Waals surface area contributed by atoms with Crippen molar-refractivity contribution in [1.29, 1.82) is 0 Å². The highest BCUT2D eigenvalue weighted by Crippen LogP contribution is 2.15. The lowest BCUT2D eigenvalue weighted by Gasteiger charge is -2.14. The van der Waals surface area contributed by atoms with Crippen molar-refractivity contribution >= 4 is 17.6 Å². The van der Waals surface area contributed by atoms with E-state index in [0.717, 1.165) is 10.1 Å². The number of hydrogen-bond donors (Lipinski definition) is 1. The van der Waals surface area contributed by atoms with Gasteiger partial charge >= 0.3 is 11.7 Å². The highest BCUT2D eigenvalue weighted by Gasteiger charge is 2.22. The van der Waals surface area contributed by atoms with E-state index in [1.54, 1.807) is 12.1 Å². The number of anilines is 1. The molecule has 0 bridgehead atoms. The Morgan fingerprint density at radius 2 is 1.75 bits per heavy atom. The molecule has 0 amide bonds. The van der Waals surface area contributed by atoms with Crippen molar-refractivity contribution in [2.75, 3.05) is 12.3 Å². The number of carbonyl (C=O) groups excluding carboxylic acids is 2. The number of benzene rings is 1. The zero-order chi connectivity index (χ0) is 21.0. The first-order chi connectivity index (χ1) is 13.2. The van der Waals surface area contributed by atoms with Crippen LogP contribution >= 0.6 is 0 Å². The molecule has 2 N–H and O–H groups in total. The van der Waals surface area contributed by atoms with Crippen molar-refractivity contribution in [2.24, 2.45) is 7.05 Å². The van der Waals surface area contributed by atoms with Crippen LogP contribution in [0.2, 0.25) is 0 Å². The van der Waals surface area contributed by atoms with Crippen LogP contribution in [0.25, 0.3) is 0 Å². The van der Waals surface area contributed by atoms with E-state index in [4.69, 9.17) is 10.5 Å². The molecule has 0 unspecified atom stereocenters. The highest BCUT2D eigenvalue weighted by molar-refractivity contribution is 6.02. The molecule has 0 aliphatic carbocycles. The van der Waals surface area contributed by atoms with Crippen LogP contribution in [-0.2, 0) is 18.3 Å². The monoisotopic (exact) mass is 387 g/mol. The largest absolute Gasteiger partial charge is 0.454 e. The molecule has 8 heteroatoms. The molecule has 2 rings (SSSR count). The zero-order valence-corrected chi connectivity index (χ0v) is 16.5. The summed E-state index contributed by atoms with van der Waals surface area (Å²) < 4.78 is 7.04. The summed E-state index contributed by atoms with van der Waals surface area (Å²) in [5, 5.41) is 0. The van der Waals surface area contributed by atoms with Gasteiger partial charge in [0.2, 0.25) is 5.78 Å². The van der Waals surface area contributed by atoms with Crippen LogP contribution in [-0.4, -0.2) is 27.5 Å². The maximum atomic E-state index is 12.5. The van der Waals surface area contributed by atoms with Crippen molar-refractivity contribution < 1.29 is 14.3 Å². The van der Waals surface area contributed by atoms with Crippen LogP contribution in [0.3, 0.4) is 0 Å². The van der Waals surface area contributed by atoms with Crippen LogP contribution in [0.1, 0.15) is 59.4 Å². The smallest absolute Gasteiger partial charge is 0.338 e. The van der Waals surface area contributed by atoms with E-state index in [1.807, 2.05) is 32.9 Å². The third kappa shape index (κ3) is 4.21. The summed E-state index contributed by atoms with van der Waals surface area (Å²) in [4.78, 5) is 49.2. The number of nitrogens with zero attached hydrogens (tertiary/aromatic N) is 2. The van der Waals surface area contributed by atoms with Crippen molar-refractivity contribution in [1.82, 2.24) is 9.13 Å². The molecule has 2 aromatic rings. The van der Waals surface area contributed by atoms with Gasteiger partial charge in [-0.2, -0.15) is 0 Å². The molecule has 28 heavy (non-hydrogen) atoms. The van der Waals surface area contributed by atoms with Gasteiger partial charge in [0.25, 0.3) is 5.56 Å². The van der Waals surface area contributed by atoms with Crippen LogP contribution in [0, 0.1) is 0 Å². The predicted molar refractivity (Wildman–Crippen MR) is 106 cm³/mol. The average Bonchev–Trinajstić information content (AvgIpc) is 2.68. The Morgan fingerprint density at radius 3 is 2.29 bits per heavy atom. The van der Waals surface area contributed by atoms with Crippen molar-refractivity contribution in [3.63, 3.8) is 0 Å². The third-order valence-corrected chi connectivity index (χ3v) is 4.46. The molecular formula is C20H25N3O5. The van der Waals surface area contributed by atoms with Crippen molar-refractivity contribution in [3.05, 3.63) is 61.8 Å². The Labute approximate surface area is 162 Å². The van der Waals surface area contributed by atoms with E-state index < -0.39 is 29.6 Å². The van der Waals surface area contributed by atoms with Gasteiger partial charge in [-0.15, -0.1) is 0 Å². The molecule has 0 fully saturated rings. The standard InChI is InChI=1S/C20H25N3O5/c1-5-10-23-17(21)16(18(25)22(4)20(23)27)15(24)11-28-19(26)14-8-6-13(7-9-14)12(2)3/h6-9,12H,5,10-11,21H2,1-4H3.